The molecular formula is C14H16O4. The topological polar surface area (TPSA) is 71.4 Å². The van der Waals surface area contributed by atoms with Crippen molar-refractivity contribution in [3.8, 4) is 0 Å². The largest absolute Gasteiger partial charge is 0.481 e. The van der Waals surface area contributed by atoms with Crippen molar-refractivity contribution < 1.29 is 19.5 Å². The maximum absolute atomic E-state index is 12.0. The second-order valence-electron chi connectivity index (χ2n) is 4.11. The molecule has 18 heavy (non-hydrogen) atoms. The van der Waals surface area contributed by atoms with E-state index < -0.39 is 17.7 Å². The standard InChI is InChI=1S/C14H16O4/c1-2-6-11(15)9-12(14(17)18)13(16)10-7-4-3-5-8-10/h3-5,7-8,12H,2,6,9H2,1H3,(H,17,18). The van der Waals surface area contributed by atoms with Crippen LogP contribution in [0.5, 0.6) is 0 Å². The summed E-state index contributed by atoms with van der Waals surface area (Å²) in [7, 11) is 0. The number of aliphatic carboxylic acids is 1. The summed E-state index contributed by atoms with van der Waals surface area (Å²) in [5.74, 6) is -3.21. The molecule has 1 N–H and O–H groups in total. The SMILES string of the molecule is CCCC(=O)CC(C(=O)O)C(=O)c1ccccc1. The Bertz CT molecular complexity index is 436. The zero-order valence-electron chi connectivity index (χ0n) is 10.3. The predicted octanol–water partition coefficient (Wildman–Crippen LogP) is 2.33. The molecule has 1 aromatic rings. The third-order valence-corrected chi connectivity index (χ3v) is 2.63. The summed E-state index contributed by atoms with van der Waals surface area (Å²) in [6.45, 7) is 1.84. The van der Waals surface area contributed by atoms with Gasteiger partial charge >= 0.3 is 5.97 Å². The average Bonchev–Trinajstić information content (AvgIpc) is 2.36. The smallest absolute Gasteiger partial charge is 0.314 e. The number of ketones is 2. The van der Waals surface area contributed by atoms with Gasteiger partial charge in [0.15, 0.2) is 5.78 Å². The Morgan fingerprint density at radius 1 is 1.17 bits per heavy atom. The molecule has 1 aromatic carbocycles. The van der Waals surface area contributed by atoms with E-state index in [-0.39, 0.29) is 12.2 Å². The van der Waals surface area contributed by atoms with E-state index >= 15 is 0 Å². The zero-order chi connectivity index (χ0) is 13.5. The van der Waals surface area contributed by atoms with Gasteiger partial charge in [0.05, 0.1) is 0 Å². The highest BCUT2D eigenvalue weighted by Crippen LogP contribution is 2.15. The zero-order valence-corrected chi connectivity index (χ0v) is 10.3. The number of hydrogen-bond acceptors (Lipinski definition) is 3. The van der Waals surface area contributed by atoms with Gasteiger partial charge in [-0.1, -0.05) is 37.3 Å². The van der Waals surface area contributed by atoms with Gasteiger partial charge in [0.2, 0.25) is 0 Å². The quantitative estimate of drug-likeness (QED) is 0.593. The highest BCUT2D eigenvalue weighted by Gasteiger charge is 2.29. The first-order valence-corrected chi connectivity index (χ1v) is 5.90. The summed E-state index contributed by atoms with van der Waals surface area (Å²) < 4.78 is 0. The average molecular weight is 248 g/mol. The molecule has 0 aliphatic heterocycles. The molecule has 0 saturated carbocycles. The fourth-order valence-corrected chi connectivity index (χ4v) is 1.70. The van der Waals surface area contributed by atoms with Crippen molar-refractivity contribution in [2.45, 2.75) is 26.2 Å². The highest BCUT2D eigenvalue weighted by atomic mass is 16.4. The molecule has 0 radical (unpaired) electrons. The summed E-state index contributed by atoms with van der Waals surface area (Å²) in [4.78, 5) is 34.6. The van der Waals surface area contributed by atoms with Crippen LogP contribution >= 0.6 is 0 Å². The van der Waals surface area contributed by atoms with Crippen LogP contribution in [-0.4, -0.2) is 22.6 Å². The van der Waals surface area contributed by atoms with Crippen LogP contribution in [0.4, 0.5) is 0 Å². The second kappa shape index (κ2) is 6.69. The molecule has 4 nitrogen and oxygen atoms in total. The van der Waals surface area contributed by atoms with E-state index in [0.29, 0.717) is 18.4 Å². The minimum atomic E-state index is -1.27. The number of carbonyl (C=O) groups excluding carboxylic acids is 2. The first-order valence-electron chi connectivity index (χ1n) is 5.90. The van der Waals surface area contributed by atoms with Crippen LogP contribution in [0.2, 0.25) is 0 Å². The highest BCUT2D eigenvalue weighted by molar-refractivity contribution is 6.10. The minimum absolute atomic E-state index is 0.186. The lowest BCUT2D eigenvalue weighted by Gasteiger charge is -2.10. The first-order chi connectivity index (χ1) is 8.56. The summed E-state index contributed by atoms with van der Waals surface area (Å²) in [5.41, 5.74) is 0.328. The van der Waals surface area contributed by atoms with Crippen LogP contribution in [0.1, 0.15) is 36.5 Å². The Hall–Kier alpha value is -1.97. The van der Waals surface area contributed by atoms with E-state index in [1.54, 1.807) is 30.3 Å². The lowest BCUT2D eigenvalue weighted by atomic mass is 9.92. The van der Waals surface area contributed by atoms with Crippen molar-refractivity contribution in [3.63, 3.8) is 0 Å². The molecular weight excluding hydrogens is 232 g/mol. The van der Waals surface area contributed by atoms with Crippen LogP contribution in [0.25, 0.3) is 0 Å². The number of rotatable bonds is 7. The Labute approximate surface area is 106 Å². The molecule has 0 amide bonds. The number of carboxylic acid groups (broad SMARTS) is 1. The van der Waals surface area contributed by atoms with Gasteiger partial charge in [-0.05, 0) is 6.42 Å². The van der Waals surface area contributed by atoms with E-state index in [1.807, 2.05) is 6.92 Å². The summed E-state index contributed by atoms with van der Waals surface area (Å²) >= 11 is 0. The van der Waals surface area contributed by atoms with Crippen molar-refractivity contribution in [2.75, 3.05) is 0 Å². The normalized spacial score (nSPS) is 11.8. The molecule has 96 valence electrons. The van der Waals surface area contributed by atoms with Crippen molar-refractivity contribution >= 4 is 17.5 Å². The lowest BCUT2D eigenvalue weighted by Crippen LogP contribution is -2.26. The molecule has 0 aliphatic rings. The van der Waals surface area contributed by atoms with Crippen molar-refractivity contribution in [1.82, 2.24) is 0 Å². The Morgan fingerprint density at radius 3 is 2.28 bits per heavy atom. The summed E-state index contributed by atoms with van der Waals surface area (Å²) in [6.07, 6.45) is 0.744. The first kappa shape index (κ1) is 14.1. The van der Waals surface area contributed by atoms with Gasteiger partial charge in [0.25, 0.3) is 0 Å². The summed E-state index contributed by atoms with van der Waals surface area (Å²) in [5, 5.41) is 9.05. The number of hydrogen-bond donors (Lipinski definition) is 1. The minimum Gasteiger partial charge on any atom is -0.481 e. The van der Waals surface area contributed by atoms with Crippen LogP contribution in [-0.2, 0) is 9.59 Å². The van der Waals surface area contributed by atoms with Crippen LogP contribution in [0, 0.1) is 5.92 Å². The fourth-order valence-electron chi connectivity index (χ4n) is 1.70. The van der Waals surface area contributed by atoms with Crippen molar-refractivity contribution in [2.24, 2.45) is 5.92 Å². The molecule has 1 unspecified atom stereocenters. The molecule has 4 heteroatoms. The van der Waals surface area contributed by atoms with Gasteiger partial charge < -0.3 is 5.11 Å². The third-order valence-electron chi connectivity index (χ3n) is 2.63. The van der Waals surface area contributed by atoms with Gasteiger partial charge in [-0.3, -0.25) is 14.4 Å². The van der Waals surface area contributed by atoms with E-state index in [0.717, 1.165) is 0 Å². The number of benzene rings is 1. The van der Waals surface area contributed by atoms with Crippen LogP contribution in [0.3, 0.4) is 0 Å². The van der Waals surface area contributed by atoms with Crippen molar-refractivity contribution in [3.05, 3.63) is 35.9 Å². The molecule has 1 rings (SSSR count). The molecule has 0 aliphatic carbocycles. The van der Waals surface area contributed by atoms with Crippen LogP contribution in [0.15, 0.2) is 30.3 Å². The van der Waals surface area contributed by atoms with E-state index in [4.69, 9.17) is 5.11 Å². The van der Waals surface area contributed by atoms with E-state index in [1.165, 1.54) is 0 Å². The second-order valence-corrected chi connectivity index (χ2v) is 4.11. The Kier molecular flexibility index (Phi) is 5.24. The predicted molar refractivity (Wildman–Crippen MR) is 66.4 cm³/mol. The molecule has 1 atom stereocenters. The van der Waals surface area contributed by atoms with Gasteiger partial charge in [-0.15, -0.1) is 0 Å². The summed E-state index contributed by atoms with van der Waals surface area (Å²) in [6, 6.07) is 8.19. The number of Topliss-reactive ketones (excluding diaryl/α,β-unsaturated/α-hetero) is 2. The van der Waals surface area contributed by atoms with Crippen LogP contribution < -0.4 is 0 Å². The van der Waals surface area contributed by atoms with E-state index in [9.17, 15) is 14.4 Å². The third kappa shape index (κ3) is 3.80. The molecule has 0 aromatic heterocycles. The van der Waals surface area contributed by atoms with Gasteiger partial charge in [0, 0.05) is 18.4 Å². The maximum atomic E-state index is 12.0. The van der Waals surface area contributed by atoms with Gasteiger partial charge in [-0.25, -0.2) is 0 Å². The van der Waals surface area contributed by atoms with Gasteiger partial charge in [0.1, 0.15) is 11.7 Å². The molecule has 0 saturated heterocycles. The maximum Gasteiger partial charge on any atom is 0.314 e. The Morgan fingerprint density at radius 2 is 1.78 bits per heavy atom. The molecule has 0 spiro atoms. The molecule has 0 heterocycles. The lowest BCUT2D eigenvalue weighted by molar-refractivity contribution is -0.141. The number of carboxylic acids is 1. The molecule has 0 fully saturated rings. The Balaban J connectivity index is 2.83. The fraction of sp³-hybridized carbons (Fsp3) is 0.357. The van der Waals surface area contributed by atoms with Crippen molar-refractivity contribution in [1.29, 1.82) is 0 Å². The monoisotopic (exact) mass is 248 g/mol. The van der Waals surface area contributed by atoms with Gasteiger partial charge in [-0.2, -0.15) is 0 Å². The number of carbonyl (C=O) groups is 3. The van der Waals surface area contributed by atoms with E-state index in [2.05, 4.69) is 0 Å². The molecule has 0 bridgehead atoms.